The van der Waals surface area contributed by atoms with Gasteiger partial charge >= 0.3 is 0 Å². The van der Waals surface area contributed by atoms with Crippen LogP contribution in [0.25, 0.3) is 22.5 Å². The van der Waals surface area contributed by atoms with Gasteiger partial charge in [0.15, 0.2) is 0 Å². The number of rotatable bonds is 4. The first-order valence-electron chi connectivity index (χ1n) is 12.0. The van der Waals surface area contributed by atoms with Crippen molar-refractivity contribution in [3.05, 3.63) is 71.0 Å². The number of carbonyl (C=O) groups excluding carboxylic acids is 1. The van der Waals surface area contributed by atoms with E-state index in [4.69, 9.17) is 7.85 Å². The van der Waals surface area contributed by atoms with Crippen LogP contribution in [-0.4, -0.2) is 41.9 Å². The summed E-state index contributed by atoms with van der Waals surface area (Å²) in [4.78, 5) is 26.2. The third-order valence-corrected chi connectivity index (χ3v) is 6.79. The zero-order chi connectivity index (χ0) is 26.3. The molecule has 0 aromatic heterocycles. The second kappa shape index (κ2) is 9.21. The number of nitrogens with one attached hydrogen (secondary N) is 2. The maximum atomic E-state index is 13.2. The predicted molar refractivity (Wildman–Crippen MR) is 145 cm³/mol. The Hall–Kier alpha value is -4.45. The number of aromatic nitrogens is 3. The second-order valence-electron chi connectivity index (χ2n) is 9.65. The van der Waals surface area contributed by atoms with Crippen LogP contribution in [0.5, 0.6) is 0 Å². The number of pyridine rings is 1. The van der Waals surface area contributed by atoms with Crippen LogP contribution in [0.15, 0.2) is 53.7 Å². The lowest BCUT2D eigenvalue weighted by molar-refractivity contribution is 0.102. The first-order chi connectivity index (χ1) is 17.7. The van der Waals surface area contributed by atoms with Gasteiger partial charge in [-0.05, 0) is 61.7 Å². The van der Waals surface area contributed by atoms with Crippen molar-refractivity contribution in [2.75, 3.05) is 24.2 Å². The number of hydrogen-bond acceptors (Lipinski definition) is 6. The van der Waals surface area contributed by atoms with Crippen molar-refractivity contribution in [2.24, 2.45) is 4.99 Å². The third-order valence-electron chi connectivity index (χ3n) is 6.79. The van der Waals surface area contributed by atoms with Gasteiger partial charge in [0.2, 0.25) is 5.62 Å². The lowest BCUT2D eigenvalue weighted by atomic mass is 9.82. The van der Waals surface area contributed by atoms with E-state index in [9.17, 15) is 10.1 Å². The van der Waals surface area contributed by atoms with Crippen LogP contribution >= 0.6 is 0 Å². The van der Waals surface area contributed by atoms with Crippen LogP contribution in [0, 0.1) is 18.3 Å². The molecule has 182 valence electrons. The maximum absolute atomic E-state index is 13.2. The largest absolute Gasteiger partial charge is 0.369 e. The number of nitrogens with zero attached hydrogens (tertiary/aromatic N) is 5. The Labute approximate surface area is 216 Å². The second-order valence-corrected chi connectivity index (χ2v) is 9.65. The molecule has 0 atom stereocenters. The topological polar surface area (TPSA) is 108 Å². The molecule has 5 rings (SSSR count). The monoisotopic (exact) mass is 487 g/mol. The van der Waals surface area contributed by atoms with E-state index in [0.29, 0.717) is 22.3 Å². The zero-order valence-corrected chi connectivity index (χ0v) is 21.3. The van der Waals surface area contributed by atoms with Crippen molar-refractivity contribution in [3.8, 4) is 28.6 Å². The summed E-state index contributed by atoms with van der Waals surface area (Å²) in [5.41, 5.74) is 5.55. The van der Waals surface area contributed by atoms with Crippen molar-refractivity contribution in [2.45, 2.75) is 32.7 Å². The minimum Gasteiger partial charge on any atom is -0.369 e. The number of amides is 1. The molecule has 0 saturated heterocycles. The maximum Gasteiger partial charge on any atom is 0.255 e. The first kappa shape index (κ1) is 24.3. The van der Waals surface area contributed by atoms with Crippen LogP contribution in [0.4, 0.5) is 11.5 Å². The Balaban J connectivity index is 1.58. The summed E-state index contributed by atoms with van der Waals surface area (Å²) in [6.07, 6.45) is 1.77. The van der Waals surface area contributed by atoms with Gasteiger partial charge in [0, 0.05) is 48.7 Å². The van der Waals surface area contributed by atoms with Gasteiger partial charge in [-0.2, -0.15) is 10.2 Å². The Morgan fingerprint density at radius 2 is 2.08 bits per heavy atom. The highest BCUT2D eigenvalue weighted by Crippen LogP contribution is 2.37. The van der Waals surface area contributed by atoms with Gasteiger partial charge in [-0.3, -0.25) is 9.79 Å². The molecule has 37 heavy (non-hydrogen) atoms. The molecule has 1 amide bonds. The summed E-state index contributed by atoms with van der Waals surface area (Å²) in [6.45, 7) is 7.16. The molecule has 0 unspecified atom stereocenters. The van der Waals surface area contributed by atoms with Gasteiger partial charge < -0.3 is 15.2 Å². The SMILES string of the molecule is [B]c1c(NC(=O)c2cccc(C(C)(C)C#N)c2)ccc(C)c1-c1cc2cnc(=NC)nc-2n2c1NCC2. The summed E-state index contributed by atoms with van der Waals surface area (Å²) in [6, 6.07) is 15.2. The fraction of sp³-hybridized carbons (Fsp3) is 0.250. The molecule has 0 saturated carbocycles. The summed E-state index contributed by atoms with van der Waals surface area (Å²) in [5.74, 6) is 1.43. The van der Waals surface area contributed by atoms with E-state index in [2.05, 4.69) is 36.2 Å². The zero-order valence-electron chi connectivity index (χ0n) is 21.3. The van der Waals surface area contributed by atoms with Crippen molar-refractivity contribution in [3.63, 3.8) is 0 Å². The number of aryl methyl sites for hydroxylation is 1. The summed E-state index contributed by atoms with van der Waals surface area (Å²) >= 11 is 0. The fourth-order valence-electron chi connectivity index (χ4n) is 4.66. The van der Waals surface area contributed by atoms with Gasteiger partial charge in [-0.1, -0.05) is 23.7 Å². The van der Waals surface area contributed by atoms with Crippen molar-refractivity contribution in [1.82, 2.24) is 14.5 Å². The van der Waals surface area contributed by atoms with Gasteiger partial charge in [0.05, 0.1) is 11.5 Å². The highest BCUT2D eigenvalue weighted by atomic mass is 16.1. The first-order valence-corrected chi connectivity index (χ1v) is 12.0. The Morgan fingerprint density at radius 1 is 1.27 bits per heavy atom. The quantitative estimate of drug-likeness (QED) is 0.430. The molecule has 3 heterocycles. The molecule has 9 heteroatoms. The van der Waals surface area contributed by atoms with Gasteiger partial charge in [-0.25, -0.2) is 4.98 Å². The number of fused-ring (bicyclic) bond motifs is 3. The van der Waals surface area contributed by atoms with E-state index in [1.54, 1.807) is 31.4 Å². The lowest BCUT2D eigenvalue weighted by Gasteiger charge is -2.21. The molecule has 2 radical (unpaired) electrons. The van der Waals surface area contributed by atoms with Crippen LogP contribution in [0.2, 0.25) is 0 Å². The van der Waals surface area contributed by atoms with Crippen LogP contribution in [-0.2, 0) is 12.0 Å². The van der Waals surface area contributed by atoms with Gasteiger partial charge in [-0.15, -0.1) is 0 Å². The smallest absolute Gasteiger partial charge is 0.255 e. The third kappa shape index (κ3) is 4.25. The average Bonchev–Trinajstić information content (AvgIpc) is 3.41. The summed E-state index contributed by atoms with van der Waals surface area (Å²) < 4.78 is 2.12. The van der Waals surface area contributed by atoms with Crippen LogP contribution in [0.3, 0.4) is 0 Å². The van der Waals surface area contributed by atoms with E-state index in [-0.39, 0.29) is 5.91 Å². The average molecular weight is 487 g/mol. The Morgan fingerprint density at radius 3 is 2.84 bits per heavy atom. The van der Waals surface area contributed by atoms with Crippen LogP contribution in [0.1, 0.15) is 35.3 Å². The Kier molecular flexibility index (Phi) is 6.04. The number of benzene rings is 2. The molecule has 0 bridgehead atoms. The highest BCUT2D eigenvalue weighted by molar-refractivity contribution is 6.40. The molecular weight excluding hydrogens is 461 g/mol. The lowest BCUT2D eigenvalue weighted by Crippen LogP contribution is -2.22. The minimum atomic E-state index is -0.705. The molecule has 0 fully saturated rings. The summed E-state index contributed by atoms with van der Waals surface area (Å²) in [5, 5.41) is 15.9. The van der Waals surface area contributed by atoms with Gasteiger partial charge in [0.1, 0.15) is 19.5 Å². The number of anilines is 2. The molecular formula is C28H26BN7O. The fourth-order valence-corrected chi connectivity index (χ4v) is 4.66. The molecule has 3 aliphatic heterocycles. The molecule has 0 spiro atoms. The van der Waals surface area contributed by atoms with E-state index < -0.39 is 5.41 Å². The molecule has 2 aromatic carbocycles. The highest BCUT2D eigenvalue weighted by Gasteiger charge is 2.25. The van der Waals surface area contributed by atoms with E-state index >= 15 is 0 Å². The van der Waals surface area contributed by atoms with Crippen molar-refractivity contribution in [1.29, 1.82) is 5.26 Å². The standard InChI is InChI=1S/C28H26BN7O/c1-16-8-9-21(34-26(37)17-6-5-7-19(12-17)28(2,3)15-30)23(29)22(16)20-13-18-14-33-27(31-4)35-24(18)36-11-10-32-25(20)36/h5-9,12-14,32H,10-11H2,1-4H3,(H,34,37). The molecule has 2 aromatic rings. The van der Waals surface area contributed by atoms with E-state index in [1.165, 1.54) is 0 Å². The minimum absolute atomic E-state index is 0.294. The van der Waals surface area contributed by atoms with Crippen molar-refractivity contribution >= 4 is 30.7 Å². The van der Waals surface area contributed by atoms with Gasteiger partial charge in [0.25, 0.3) is 5.91 Å². The molecule has 2 N–H and O–H groups in total. The molecule has 3 aliphatic rings. The number of hydrogen-bond donors (Lipinski definition) is 2. The summed E-state index contributed by atoms with van der Waals surface area (Å²) in [7, 11) is 8.38. The van der Waals surface area contributed by atoms with Crippen molar-refractivity contribution < 1.29 is 4.79 Å². The number of nitriles is 1. The van der Waals surface area contributed by atoms with Crippen LogP contribution < -0.4 is 21.7 Å². The molecule has 0 aliphatic carbocycles. The molecule has 8 nitrogen and oxygen atoms in total. The van der Waals surface area contributed by atoms with E-state index in [1.807, 2.05) is 45.0 Å². The predicted octanol–water partition coefficient (Wildman–Crippen LogP) is 3.16. The normalized spacial score (nSPS) is 13.2. The van der Waals surface area contributed by atoms with E-state index in [0.717, 1.165) is 52.5 Å². The Bertz CT molecular complexity index is 1630. The number of carbonyl (C=O) groups is 1.